The van der Waals surface area contributed by atoms with Crippen molar-refractivity contribution in [1.82, 2.24) is 0 Å². The third kappa shape index (κ3) is 8.91. The van der Waals surface area contributed by atoms with E-state index in [2.05, 4.69) is 23.8 Å². The molecule has 0 saturated carbocycles. The standard InChI is InChI=1S/C19H32O3/c1-3-4-5-6-7-9-12-17-15-16-18(22-17)13-10-8-11-14-19(20)21-2/h15-16H,3-14H2,1-2H3. The SMILES string of the molecule is CCCCCCCCc1ccc(CCCCCC(=O)OC)o1. The fourth-order valence-electron chi connectivity index (χ4n) is 2.62. The molecule has 0 aliphatic rings. The van der Waals surface area contributed by atoms with Gasteiger partial charge >= 0.3 is 5.97 Å². The Morgan fingerprint density at radius 1 is 0.909 bits per heavy atom. The van der Waals surface area contributed by atoms with Gasteiger partial charge in [0.2, 0.25) is 0 Å². The van der Waals surface area contributed by atoms with E-state index in [0.29, 0.717) is 6.42 Å². The fourth-order valence-corrected chi connectivity index (χ4v) is 2.62. The highest BCUT2D eigenvalue weighted by molar-refractivity contribution is 5.68. The van der Waals surface area contributed by atoms with Gasteiger partial charge in [0.1, 0.15) is 11.5 Å². The van der Waals surface area contributed by atoms with E-state index in [4.69, 9.17) is 4.42 Å². The van der Waals surface area contributed by atoms with Crippen LogP contribution in [-0.4, -0.2) is 13.1 Å². The third-order valence-corrected chi connectivity index (χ3v) is 4.03. The number of unbranched alkanes of at least 4 members (excludes halogenated alkanes) is 7. The molecule has 0 spiro atoms. The van der Waals surface area contributed by atoms with Crippen LogP contribution in [0.3, 0.4) is 0 Å². The van der Waals surface area contributed by atoms with E-state index in [1.54, 1.807) is 0 Å². The Kier molecular flexibility index (Phi) is 10.5. The zero-order valence-electron chi connectivity index (χ0n) is 14.4. The van der Waals surface area contributed by atoms with Crippen molar-refractivity contribution in [2.45, 2.75) is 84.0 Å². The predicted octanol–water partition coefficient (Wildman–Crippen LogP) is 5.46. The van der Waals surface area contributed by atoms with E-state index in [1.807, 2.05) is 0 Å². The van der Waals surface area contributed by atoms with E-state index in [9.17, 15) is 4.79 Å². The summed E-state index contributed by atoms with van der Waals surface area (Å²) in [6.07, 6.45) is 13.5. The molecule has 0 aliphatic heterocycles. The summed E-state index contributed by atoms with van der Waals surface area (Å²) in [5.74, 6) is 2.10. The molecule has 1 aromatic heterocycles. The number of ether oxygens (including phenoxy) is 1. The molecule has 0 saturated heterocycles. The molecule has 1 aromatic rings. The van der Waals surface area contributed by atoms with Crippen molar-refractivity contribution in [3.8, 4) is 0 Å². The molecule has 0 N–H and O–H groups in total. The summed E-state index contributed by atoms with van der Waals surface area (Å²) in [6.45, 7) is 2.25. The average molecular weight is 308 g/mol. The minimum absolute atomic E-state index is 0.112. The second kappa shape index (κ2) is 12.3. The van der Waals surface area contributed by atoms with E-state index < -0.39 is 0 Å². The zero-order chi connectivity index (χ0) is 16.0. The molecule has 22 heavy (non-hydrogen) atoms. The lowest BCUT2D eigenvalue weighted by Gasteiger charge is -2.00. The monoisotopic (exact) mass is 308 g/mol. The number of furan rings is 1. The Morgan fingerprint density at radius 3 is 2.05 bits per heavy atom. The van der Waals surface area contributed by atoms with Crippen molar-refractivity contribution >= 4 is 5.97 Å². The smallest absolute Gasteiger partial charge is 0.305 e. The van der Waals surface area contributed by atoms with Crippen LogP contribution in [0, 0.1) is 0 Å². The van der Waals surface area contributed by atoms with Gasteiger partial charge in [-0.25, -0.2) is 0 Å². The summed E-state index contributed by atoms with van der Waals surface area (Å²) in [4.78, 5) is 11.0. The Morgan fingerprint density at radius 2 is 1.45 bits per heavy atom. The highest BCUT2D eigenvalue weighted by atomic mass is 16.5. The lowest BCUT2D eigenvalue weighted by Crippen LogP contribution is -1.99. The summed E-state index contributed by atoms with van der Waals surface area (Å²) in [5, 5.41) is 0. The minimum atomic E-state index is -0.112. The van der Waals surface area contributed by atoms with Gasteiger partial charge in [-0.2, -0.15) is 0 Å². The van der Waals surface area contributed by atoms with Gasteiger partial charge in [-0.05, 0) is 31.4 Å². The average Bonchev–Trinajstić information content (AvgIpc) is 2.98. The van der Waals surface area contributed by atoms with Crippen LogP contribution in [0.4, 0.5) is 0 Å². The maximum Gasteiger partial charge on any atom is 0.305 e. The van der Waals surface area contributed by atoms with Crippen molar-refractivity contribution in [3.05, 3.63) is 23.7 Å². The van der Waals surface area contributed by atoms with Gasteiger partial charge in [-0.1, -0.05) is 45.4 Å². The van der Waals surface area contributed by atoms with Crippen LogP contribution in [0.1, 0.15) is 82.7 Å². The van der Waals surface area contributed by atoms with Crippen molar-refractivity contribution < 1.29 is 13.9 Å². The Bertz CT molecular complexity index is 395. The Hall–Kier alpha value is -1.25. The van der Waals surface area contributed by atoms with Gasteiger partial charge in [0, 0.05) is 19.3 Å². The molecule has 1 heterocycles. The van der Waals surface area contributed by atoms with Crippen molar-refractivity contribution in [2.75, 3.05) is 7.11 Å². The van der Waals surface area contributed by atoms with Crippen molar-refractivity contribution in [1.29, 1.82) is 0 Å². The zero-order valence-corrected chi connectivity index (χ0v) is 14.4. The largest absolute Gasteiger partial charge is 0.469 e. The fraction of sp³-hybridized carbons (Fsp3) is 0.737. The predicted molar refractivity (Wildman–Crippen MR) is 90.0 cm³/mol. The number of esters is 1. The Balaban J connectivity index is 2.05. The lowest BCUT2D eigenvalue weighted by molar-refractivity contribution is -0.140. The van der Waals surface area contributed by atoms with E-state index in [1.165, 1.54) is 45.6 Å². The van der Waals surface area contributed by atoms with Gasteiger partial charge in [0.25, 0.3) is 0 Å². The number of aryl methyl sites for hydroxylation is 2. The second-order valence-corrected chi connectivity index (χ2v) is 6.02. The van der Waals surface area contributed by atoms with Crippen LogP contribution in [0.5, 0.6) is 0 Å². The van der Waals surface area contributed by atoms with Crippen molar-refractivity contribution in [2.24, 2.45) is 0 Å². The molecule has 3 nitrogen and oxygen atoms in total. The van der Waals surface area contributed by atoms with Gasteiger partial charge in [0.05, 0.1) is 7.11 Å². The minimum Gasteiger partial charge on any atom is -0.469 e. The molecule has 0 bridgehead atoms. The summed E-state index contributed by atoms with van der Waals surface area (Å²) in [7, 11) is 1.44. The molecule has 0 aromatic carbocycles. The normalized spacial score (nSPS) is 10.8. The molecule has 3 heteroatoms. The lowest BCUT2D eigenvalue weighted by atomic mass is 10.1. The molecular weight excluding hydrogens is 276 g/mol. The summed E-state index contributed by atoms with van der Waals surface area (Å²) in [6, 6.07) is 4.22. The third-order valence-electron chi connectivity index (χ3n) is 4.03. The number of carbonyl (C=O) groups excluding carboxylic acids is 1. The van der Waals surface area contributed by atoms with Gasteiger partial charge in [-0.3, -0.25) is 4.79 Å². The van der Waals surface area contributed by atoms with E-state index >= 15 is 0 Å². The van der Waals surface area contributed by atoms with Gasteiger partial charge in [0.15, 0.2) is 0 Å². The number of rotatable bonds is 13. The van der Waals surface area contributed by atoms with Crippen LogP contribution >= 0.6 is 0 Å². The van der Waals surface area contributed by atoms with Crippen LogP contribution in [0.2, 0.25) is 0 Å². The first kappa shape index (κ1) is 18.8. The molecule has 0 fully saturated rings. The number of methoxy groups -OCH3 is 1. The Labute approximate surface area is 135 Å². The van der Waals surface area contributed by atoms with Crippen LogP contribution in [0.25, 0.3) is 0 Å². The topological polar surface area (TPSA) is 39.4 Å². The first-order valence-electron chi connectivity index (χ1n) is 8.90. The molecule has 0 unspecified atom stereocenters. The molecule has 0 aliphatic carbocycles. The summed E-state index contributed by atoms with van der Waals surface area (Å²) < 4.78 is 10.5. The highest BCUT2D eigenvalue weighted by Crippen LogP contribution is 2.15. The van der Waals surface area contributed by atoms with Crippen LogP contribution in [0.15, 0.2) is 16.5 Å². The van der Waals surface area contributed by atoms with Crippen molar-refractivity contribution in [3.63, 3.8) is 0 Å². The van der Waals surface area contributed by atoms with E-state index in [-0.39, 0.29) is 5.97 Å². The number of carbonyl (C=O) groups is 1. The van der Waals surface area contributed by atoms with E-state index in [0.717, 1.165) is 43.6 Å². The summed E-state index contributed by atoms with van der Waals surface area (Å²) in [5.41, 5.74) is 0. The van der Waals surface area contributed by atoms with Gasteiger partial charge in [-0.15, -0.1) is 0 Å². The molecule has 126 valence electrons. The second-order valence-electron chi connectivity index (χ2n) is 6.02. The first-order valence-corrected chi connectivity index (χ1v) is 8.90. The van der Waals surface area contributed by atoms with Gasteiger partial charge < -0.3 is 9.15 Å². The quantitative estimate of drug-likeness (QED) is 0.359. The number of hydrogen-bond donors (Lipinski definition) is 0. The molecule has 0 amide bonds. The van der Waals surface area contributed by atoms with Crippen LogP contribution in [-0.2, 0) is 22.4 Å². The molecule has 0 atom stereocenters. The van der Waals surface area contributed by atoms with Crippen LogP contribution < -0.4 is 0 Å². The highest BCUT2D eigenvalue weighted by Gasteiger charge is 2.03. The maximum absolute atomic E-state index is 11.0. The molecule has 1 rings (SSSR count). The summed E-state index contributed by atoms with van der Waals surface area (Å²) >= 11 is 0. The molecule has 0 radical (unpaired) electrons. The molecular formula is C19H32O3. The number of hydrogen-bond acceptors (Lipinski definition) is 3. The maximum atomic E-state index is 11.0. The first-order chi connectivity index (χ1) is 10.8.